The van der Waals surface area contributed by atoms with Gasteiger partial charge in [-0.1, -0.05) is 60.7 Å². The molecule has 0 saturated carbocycles. The Bertz CT molecular complexity index is 1300. The number of aromatic hydroxyl groups is 1. The van der Waals surface area contributed by atoms with Crippen molar-refractivity contribution in [1.82, 2.24) is 5.43 Å². The minimum Gasteiger partial charge on any atom is -0.507 e. The van der Waals surface area contributed by atoms with Crippen LogP contribution in [-0.2, 0) is 9.59 Å². The van der Waals surface area contributed by atoms with Crippen molar-refractivity contribution in [3.63, 3.8) is 0 Å². The first kappa shape index (κ1) is 20.1. The number of phenolic OH excluding ortho intramolecular Hbond substituents is 1. The number of hydrogen-bond donors (Lipinski definition) is 3. The van der Waals surface area contributed by atoms with Crippen LogP contribution in [-0.4, -0.2) is 23.1 Å². The van der Waals surface area contributed by atoms with Crippen molar-refractivity contribution in [3.05, 3.63) is 84.4 Å². The maximum absolute atomic E-state index is 12.2. The summed E-state index contributed by atoms with van der Waals surface area (Å²) in [6.45, 7) is 0. The normalized spacial score (nSPS) is 11.1. The Hall–Kier alpha value is -4.19. The first-order valence-electron chi connectivity index (χ1n) is 9.91. The van der Waals surface area contributed by atoms with Gasteiger partial charge in [-0.2, -0.15) is 5.10 Å². The van der Waals surface area contributed by atoms with Crippen molar-refractivity contribution in [2.45, 2.75) is 12.8 Å². The summed E-state index contributed by atoms with van der Waals surface area (Å²) in [6.07, 6.45) is 1.44. The number of hydrogen-bond acceptors (Lipinski definition) is 4. The number of fused-ring (bicyclic) bond motifs is 2. The zero-order valence-corrected chi connectivity index (χ0v) is 16.7. The molecule has 6 nitrogen and oxygen atoms in total. The van der Waals surface area contributed by atoms with E-state index in [1.54, 1.807) is 6.07 Å². The molecule has 154 valence electrons. The summed E-state index contributed by atoms with van der Waals surface area (Å²) in [5, 5.41) is 20.8. The van der Waals surface area contributed by atoms with Gasteiger partial charge in [0, 0.05) is 24.1 Å². The second-order valence-corrected chi connectivity index (χ2v) is 7.12. The fraction of sp³-hybridized carbons (Fsp3) is 0.0800. The van der Waals surface area contributed by atoms with Gasteiger partial charge in [-0.15, -0.1) is 0 Å². The highest BCUT2D eigenvalue weighted by atomic mass is 16.3. The smallest absolute Gasteiger partial charge is 0.240 e. The Kier molecular flexibility index (Phi) is 5.89. The van der Waals surface area contributed by atoms with Crippen molar-refractivity contribution in [2.24, 2.45) is 5.10 Å². The van der Waals surface area contributed by atoms with Crippen molar-refractivity contribution >= 4 is 45.3 Å². The SMILES string of the molecule is O=C(CCC(=O)Nc1ccc2ccccc2c1)N/N=C\c1c(O)ccc2ccccc12. The fourth-order valence-corrected chi connectivity index (χ4v) is 3.36. The third-order valence-electron chi connectivity index (χ3n) is 4.94. The van der Waals surface area contributed by atoms with Gasteiger partial charge in [0.1, 0.15) is 5.75 Å². The molecule has 3 N–H and O–H groups in total. The van der Waals surface area contributed by atoms with Gasteiger partial charge in [0.25, 0.3) is 0 Å². The van der Waals surface area contributed by atoms with Gasteiger partial charge in [-0.25, -0.2) is 5.43 Å². The molecule has 6 heteroatoms. The van der Waals surface area contributed by atoms with Crippen LogP contribution in [0.3, 0.4) is 0 Å². The van der Waals surface area contributed by atoms with E-state index in [0.717, 1.165) is 21.5 Å². The summed E-state index contributed by atoms with van der Waals surface area (Å²) >= 11 is 0. The highest BCUT2D eigenvalue weighted by molar-refractivity contribution is 6.02. The van der Waals surface area contributed by atoms with Crippen LogP contribution in [0, 0.1) is 0 Å². The number of carbonyl (C=O) groups excluding carboxylic acids is 2. The second kappa shape index (κ2) is 9.09. The summed E-state index contributed by atoms with van der Waals surface area (Å²) in [5.74, 6) is -0.558. The average Bonchev–Trinajstić information content (AvgIpc) is 2.79. The van der Waals surface area contributed by atoms with E-state index in [9.17, 15) is 14.7 Å². The summed E-state index contributed by atoms with van der Waals surface area (Å²) < 4.78 is 0. The van der Waals surface area contributed by atoms with Crippen LogP contribution in [0.1, 0.15) is 18.4 Å². The first-order chi connectivity index (χ1) is 15.1. The van der Waals surface area contributed by atoms with Crippen LogP contribution in [0.4, 0.5) is 5.69 Å². The van der Waals surface area contributed by atoms with Crippen LogP contribution >= 0.6 is 0 Å². The first-order valence-corrected chi connectivity index (χ1v) is 9.91. The molecule has 0 bridgehead atoms. The van der Waals surface area contributed by atoms with E-state index in [-0.39, 0.29) is 30.4 Å². The molecule has 0 heterocycles. The topological polar surface area (TPSA) is 90.8 Å². The van der Waals surface area contributed by atoms with Gasteiger partial charge in [0.15, 0.2) is 0 Å². The lowest BCUT2D eigenvalue weighted by Crippen LogP contribution is -2.20. The summed E-state index contributed by atoms with van der Waals surface area (Å²) in [4.78, 5) is 24.2. The molecule has 0 atom stereocenters. The number of hydrazone groups is 1. The van der Waals surface area contributed by atoms with Crippen molar-refractivity contribution < 1.29 is 14.7 Å². The molecular weight excluding hydrogens is 390 g/mol. The van der Waals surface area contributed by atoms with Crippen molar-refractivity contribution in [1.29, 1.82) is 0 Å². The Morgan fingerprint density at radius 1 is 0.806 bits per heavy atom. The average molecular weight is 411 g/mol. The van der Waals surface area contributed by atoms with Gasteiger partial charge >= 0.3 is 0 Å². The maximum Gasteiger partial charge on any atom is 0.240 e. The van der Waals surface area contributed by atoms with E-state index >= 15 is 0 Å². The number of benzene rings is 4. The Morgan fingerprint density at radius 3 is 2.32 bits per heavy atom. The van der Waals surface area contributed by atoms with Crippen molar-refractivity contribution in [2.75, 3.05) is 5.32 Å². The van der Waals surface area contributed by atoms with E-state index in [0.29, 0.717) is 11.3 Å². The van der Waals surface area contributed by atoms with Crippen LogP contribution in [0.25, 0.3) is 21.5 Å². The second-order valence-electron chi connectivity index (χ2n) is 7.12. The summed E-state index contributed by atoms with van der Waals surface area (Å²) in [5.41, 5.74) is 3.62. The summed E-state index contributed by atoms with van der Waals surface area (Å²) in [7, 11) is 0. The third-order valence-corrected chi connectivity index (χ3v) is 4.94. The Balaban J connectivity index is 1.31. The third kappa shape index (κ3) is 4.87. The molecule has 0 unspecified atom stereocenters. The van der Waals surface area contributed by atoms with Crippen molar-refractivity contribution in [3.8, 4) is 5.75 Å². The lowest BCUT2D eigenvalue weighted by Gasteiger charge is -2.07. The number of anilines is 1. The maximum atomic E-state index is 12.2. The largest absolute Gasteiger partial charge is 0.507 e. The molecule has 0 aliphatic rings. The number of carbonyl (C=O) groups is 2. The molecule has 2 amide bonds. The fourth-order valence-electron chi connectivity index (χ4n) is 3.36. The van der Waals surface area contributed by atoms with E-state index in [1.807, 2.05) is 72.8 Å². The predicted octanol–water partition coefficient (Wildman–Crippen LogP) is 4.57. The lowest BCUT2D eigenvalue weighted by molar-refractivity contribution is -0.124. The Morgan fingerprint density at radius 2 is 1.48 bits per heavy atom. The molecular formula is C25H21N3O3. The molecule has 4 rings (SSSR count). The molecule has 0 fully saturated rings. The van der Waals surface area contributed by atoms with E-state index in [4.69, 9.17) is 0 Å². The highest BCUT2D eigenvalue weighted by Crippen LogP contribution is 2.25. The van der Waals surface area contributed by atoms with E-state index < -0.39 is 0 Å². The molecule has 0 radical (unpaired) electrons. The minimum atomic E-state index is -0.385. The Labute approximate surface area is 179 Å². The zero-order chi connectivity index (χ0) is 21.6. The van der Waals surface area contributed by atoms with Gasteiger partial charge in [0.2, 0.25) is 11.8 Å². The molecule has 0 aromatic heterocycles. The van der Waals surface area contributed by atoms with E-state index in [2.05, 4.69) is 15.8 Å². The van der Waals surface area contributed by atoms with Crippen LogP contribution in [0.2, 0.25) is 0 Å². The molecule has 0 saturated heterocycles. The molecule has 4 aromatic rings. The lowest BCUT2D eigenvalue weighted by atomic mass is 10.0. The number of rotatable bonds is 6. The number of nitrogens with zero attached hydrogens (tertiary/aromatic N) is 1. The highest BCUT2D eigenvalue weighted by Gasteiger charge is 2.08. The van der Waals surface area contributed by atoms with Gasteiger partial charge in [-0.3, -0.25) is 9.59 Å². The minimum absolute atomic E-state index is 0.00171. The number of amides is 2. The van der Waals surface area contributed by atoms with Crippen LogP contribution in [0.5, 0.6) is 5.75 Å². The van der Waals surface area contributed by atoms with Gasteiger partial charge < -0.3 is 10.4 Å². The monoisotopic (exact) mass is 411 g/mol. The van der Waals surface area contributed by atoms with Gasteiger partial charge in [0.05, 0.1) is 6.21 Å². The predicted molar refractivity (Wildman–Crippen MR) is 123 cm³/mol. The zero-order valence-electron chi connectivity index (χ0n) is 16.7. The van der Waals surface area contributed by atoms with Crippen LogP contribution in [0.15, 0.2) is 84.0 Å². The van der Waals surface area contributed by atoms with Gasteiger partial charge in [-0.05, 0) is 39.7 Å². The van der Waals surface area contributed by atoms with Crippen LogP contribution < -0.4 is 10.7 Å². The molecule has 0 aliphatic heterocycles. The quantitative estimate of drug-likeness (QED) is 0.321. The number of phenols is 1. The molecule has 4 aromatic carbocycles. The molecule has 0 spiro atoms. The molecule has 0 aliphatic carbocycles. The summed E-state index contributed by atoms with van der Waals surface area (Å²) in [6, 6.07) is 24.5. The number of nitrogens with one attached hydrogen (secondary N) is 2. The van der Waals surface area contributed by atoms with E-state index in [1.165, 1.54) is 6.21 Å². The molecule has 31 heavy (non-hydrogen) atoms. The standard InChI is InChI=1S/C25H21N3O3/c29-23-12-10-18-6-3-4-8-21(18)22(23)16-26-28-25(31)14-13-24(30)27-20-11-9-17-5-1-2-7-19(17)15-20/h1-12,15-16,29H,13-14H2,(H,27,30)(H,28,31)/b26-16-.